The van der Waals surface area contributed by atoms with Crippen LogP contribution in [0.2, 0.25) is 0 Å². The highest BCUT2D eigenvalue weighted by atomic mass is 16.3. The van der Waals surface area contributed by atoms with E-state index >= 15 is 0 Å². The number of benzene rings is 11. The molecule has 0 amide bonds. The van der Waals surface area contributed by atoms with E-state index < -0.39 is 0 Å². The molecule has 0 bridgehead atoms. The van der Waals surface area contributed by atoms with Gasteiger partial charge in [-0.15, -0.1) is 0 Å². The third-order valence-corrected chi connectivity index (χ3v) is 13.0. The van der Waals surface area contributed by atoms with Crippen LogP contribution < -0.4 is 22.1 Å². The molecule has 0 atom stereocenters. The van der Waals surface area contributed by atoms with Gasteiger partial charge in [-0.2, -0.15) is 0 Å². The van der Waals surface area contributed by atoms with Gasteiger partial charge in [-0.05, 0) is 87.6 Å². The third kappa shape index (κ3) is 6.91. The number of hydrogen-bond acceptors (Lipinski definition) is 6. The van der Waals surface area contributed by atoms with Crippen molar-refractivity contribution in [1.82, 2.24) is 12.3 Å². The van der Waals surface area contributed by atoms with Gasteiger partial charge in [0.05, 0.1) is 11.4 Å². The second kappa shape index (κ2) is 17.1. The molecule has 11 aromatic carbocycles. The van der Waals surface area contributed by atoms with Crippen molar-refractivity contribution in [2.45, 2.75) is 0 Å². The van der Waals surface area contributed by atoms with Gasteiger partial charge in [0.25, 0.3) is 0 Å². The predicted octanol–water partition coefficient (Wildman–Crippen LogP) is 18.4. The summed E-state index contributed by atoms with van der Waals surface area (Å²) in [5.41, 5.74) is 14.3. The van der Waals surface area contributed by atoms with Crippen LogP contribution in [0, 0.1) is 0 Å². The summed E-state index contributed by atoms with van der Waals surface area (Å²) >= 11 is 0. The molecule has 0 saturated carbocycles. The van der Waals surface area contributed by atoms with E-state index in [0.717, 1.165) is 99.5 Å². The Hall–Kier alpha value is -8.94. The van der Waals surface area contributed by atoms with Crippen molar-refractivity contribution in [3.63, 3.8) is 0 Å². The summed E-state index contributed by atoms with van der Waals surface area (Å²) in [7, 11) is 0. The molecular weight excluding hydrogens is 833 g/mol. The molecule has 0 aliphatic rings. The normalized spacial score (nSPS) is 11.3. The van der Waals surface area contributed by atoms with Gasteiger partial charge in [0.15, 0.2) is 0 Å². The maximum absolute atomic E-state index is 6.92. The highest BCUT2D eigenvalue weighted by Crippen LogP contribution is 2.49. The fourth-order valence-corrected chi connectivity index (χ4v) is 9.98. The van der Waals surface area contributed by atoms with E-state index in [0.29, 0.717) is 0 Å². The van der Waals surface area contributed by atoms with Crippen molar-refractivity contribution >= 4 is 99.5 Å². The Kier molecular flexibility index (Phi) is 10.5. The van der Waals surface area contributed by atoms with E-state index in [-0.39, 0.29) is 12.3 Å². The van der Waals surface area contributed by atoms with Gasteiger partial charge in [-0.1, -0.05) is 170 Å². The number of hydrogen-bond donors (Lipinski definition) is 2. The van der Waals surface area contributed by atoms with E-state index in [1.807, 2.05) is 0 Å². The minimum absolute atomic E-state index is 0. The van der Waals surface area contributed by atoms with Crippen molar-refractivity contribution in [2.24, 2.45) is 0 Å². The summed E-state index contributed by atoms with van der Waals surface area (Å²) in [6.45, 7) is 0. The van der Waals surface area contributed by atoms with Crippen LogP contribution in [0.4, 0.5) is 34.1 Å². The van der Waals surface area contributed by atoms with Gasteiger partial charge < -0.3 is 30.9 Å². The summed E-state index contributed by atoms with van der Waals surface area (Å²) in [5, 5.41) is 8.80. The molecule has 2 heterocycles. The highest BCUT2D eigenvalue weighted by molar-refractivity contribution is 6.28. The summed E-state index contributed by atoms with van der Waals surface area (Å²) in [6, 6.07) is 86.1. The molecule has 68 heavy (non-hydrogen) atoms. The molecular formula is C62H46N4O2. The molecule has 6 heteroatoms. The van der Waals surface area contributed by atoms with Crippen molar-refractivity contribution < 1.29 is 8.83 Å². The molecule has 13 rings (SSSR count). The first kappa shape index (κ1) is 41.7. The van der Waals surface area contributed by atoms with Crippen LogP contribution >= 0.6 is 0 Å². The average molecular weight is 879 g/mol. The van der Waals surface area contributed by atoms with E-state index in [2.05, 4.69) is 252 Å². The average Bonchev–Trinajstić information content (AvgIpc) is 3.94. The van der Waals surface area contributed by atoms with Crippen LogP contribution in [0.25, 0.3) is 87.7 Å². The van der Waals surface area contributed by atoms with Crippen molar-refractivity contribution in [2.75, 3.05) is 9.80 Å². The largest absolute Gasteiger partial charge is 0.456 e. The number of anilines is 6. The molecule has 0 aliphatic carbocycles. The zero-order valence-electron chi connectivity index (χ0n) is 37.2. The maximum Gasteiger partial charge on any atom is 0.139 e. The standard InChI is InChI=1S/C62H40N2O2.2H3N/c1-5-17-41(18-6-1)43-29-33-47(34-30-43)63(45-21-9-3-10-22-45)55-38-59-61(51-27-15-13-25-49(51)55)53-37-54-58(40-57(53)65-59)66-60-39-56(50-26-14-16-28-52(50)62(54)60)64(46-23-11-4-12-24-46)48-35-31-44(32-36-48)42-19-7-2-8-20-42;;/h1-40H;2*1H3. The molecule has 0 unspecified atom stereocenters. The maximum atomic E-state index is 6.92. The lowest BCUT2D eigenvalue weighted by molar-refractivity contribution is 0.656. The number of furan rings is 2. The summed E-state index contributed by atoms with van der Waals surface area (Å²) in [6.07, 6.45) is 0. The smallest absolute Gasteiger partial charge is 0.139 e. The monoisotopic (exact) mass is 878 g/mol. The number of rotatable bonds is 8. The SMILES string of the molecule is N.N.c1ccc(-c2ccc(N(c3ccccc3)c3cc4oc5cc6oc7cc(N(c8ccccc8)c8ccc(-c9ccccc9)cc8)c8ccccc8c7c6cc5c4c4ccccc34)cc2)cc1. The fraction of sp³-hybridized carbons (Fsp3) is 0. The molecule has 326 valence electrons. The van der Waals surface area contributed by atoms with Crippen molar-refractivity contribution in [3.05, 3.63) is 243 Å². The van der Waals surface area contributed by atoms with Gasteiger partial charge in [0, 0.05) is 73.3 Å². The van der Waals surface area contributed by atoms with Gasteiger partial charge in [0.2, 0.25) is 0 Å². The number of nitrogens with zero attached hydrogens (tertiary/aromatic N) is 2. The van der Waals surface area contributed by atoms with Crippen LogP contribution in [-0.4, -0.2) is 0 Å². The minimum Gasteiger partial charge on any atom is -0.456 e. The van der Waals surface area contributed by atoms with E-state index in [1.165, 1.54) is 22.3 Å². The molecule has 0 aliphatic heterocycles. The summed E-state index contributed by atoms with van der Waals surface area (Å²) < 4.78 is 13.8. The first-order valence-corrected chi connectivity index (χ1v) is 22.4. The van der Waals surface area contributed by atoms with E-state index in [9.17, 15) is 0 Å². The number of para-hydroxylation sites is 2. The van der Waals surface area contributed by atoms with Crippen molar-refractivity contribution in [3.8, 4) is 22.3 Å². The Morgan fingerprint density at radius 3 is 0.926 bits per heavy atom. The molecule has 0 saturated heterocycles. The molecule has 0 radical (unpaired) electrons. The zero-order chi connectivity index (χ0) is 43.6. The molecule has 6 nitrogen and oxygen atoms in total. The second-order valence-electron chi connectivity index (χ2n) is 16.8. The summed E-state index contributed by atoms with van der Waals surface area (Å²) in [4.78, 5) is 4.67. The minimum atomic E-state index is 0. The zero-order valence-corrected chi connectivity index (χ0v) is 37.2. The molecule has 2 aromatic heterocycles. The Morgan fingerprint density at radius 1 is 0.235 bits per heavy atom. The lowest BCUT2D eigenvalue weighted by Gasteiger charge is -2.27. The van der Waals surface area contributed by atoms with Crippen LogP contribution in [0.1, 0.15) is 0 Å². The second-order valence-corrected chi connectivity index (χ2v) is 16.8. The first-order valence-electron chi connectivity index (χ1n) is 22.4. The van der Waals surface area contributed by atoms with Gasteiger partial charge >= 0.3 is 0 Å². The Morgan fingerprint density at radius 2 is 0.544 bits per heavy atom. The molecule has 6 N–H and O–H groups in total. The quantitative estimate of drug-likeness (QED) is 0.158. The summed E-state index contributed by atoms with van der Waals surface area (Å²) in [5.74, 6) is 0. The van der Waals surface area contributed by atoms with E-state index in [1.54, 1.807) is 0 Å². The fourth-order valence-electron chi connectivity index (χ4n) is 9.98. The topological polar surface area (TPSA) is 103 Å². The predicted molar refractivity (Wildman–Crippen MR) is 286 cm³/mol. The Balaban J connectivity index is 0.00000253. The third-order valence-electron chi connectivity index (χ3n) is 13.0. The Bertz CT molecular complexity index is 3650. The first-order chi connectivity index (χ1) is 32.7. The Labute approximate surface area is 393 Å². The van der Waals surface area contributed by atoms with Crippen LogP contribution in [0.3, 0.4) is 0 Å². The van der Waals surface area contributed by atoms with Crippen molar-refractivity contribution in [1.29, 1.82) is 0 Å². The highest BCUT2D eigenvalue weighted by Gasteiger charge is 2.24. The molecule has 13 aromatic rings. The van der Waals surface area contributed by atoms with E-state index in [4.69, 9.17) is 8.83 Å². The lowest BCUT2D eigenvalue weighted by atomic mass is 9.98. The van der Waals surface area contributed by atoms with Gasteiger partial charge in [-0.25, -0.2) is 0 Å². The van der Waals surface area contributed by atoms with Crippen LogP contribution in [-0.2, 0) is 0 Å². The van der Waals surface area contributed by atoms with Gasteiger partial charge in [0.1, 0.15) is 22.3 Å². The lowest BCUT2D eigenvalue weighted by Crippen LogP contribution is -2.10. The van der Waals surface area contributed by atoms with Crippen LogP contribution in [0.15, 0.2) is 251 Å². The number of fused-ring (bicyclic) bond motifs is 10. The van der Waals surface area contributed by atoms with Crippen LogP contribution in [0.5, 0.6) is 0 Å². The van der Waals surface area contributed by atoms with Gasteiger partial charge in [-0.3, -0.25) is 0 Å². The molecule has 0 spiro atoms. The molecule has 0 fully saturated rings.